The Balaban J connectivity index is 2.35. The van der Waals surface area contributed by atoms with Crippen LogP contribution in [-0.2, 0) is 0 Å². The fourth-order valence-electron chi connectivity index (χ4n) is 1.40. The number of pyridine rings is 1. The van der Waals surface area contributed by atoms with Gasteiger partial charge in [0.1, 0.15) is 5.03 Å². The summed E-state index contributed by atoms with van der Waals surface area (Å²) < 4.78 is 0. The van der Waals surface area contributed by atoms with Crippen LogP contribution in [0, 0.1) is 13.8 Å². The zero-order valence-corrected chi connectivity index (χ0v) is 10.2. The van der Waals surface area contributed by atoms with Gasteiger partial charge in [-0.25, -0.2) is 4.98 Å². The average Bonchev–Trinajstić information content (AvgIpc) is 2.28. The van der Waals surface area contributed by atoms with E-state index in [0.29, 0.717) is 0 Å². The Bertz CT molecular complexity index is 509. The fraction of sp³-hybridized carbons (Fsp3) is 0.154. The third-order valence-electron chi connectivity index (χ3n) is 2.47. The van der Waals surface area contributed by atoms with Crippen molar-refractivity contribution in [2.45, 2.75) is 23.8 Å². The fourth-order valence-corrected chi connectivity index (χ4v) is 2.37. The van der Waals surface area contributed by atoms with Crippen LogP contribution in [0.2, 0.25) is 0 Å². The van der Waals surface area contributed by atoms with Gasteiger partial charge in [0.25, 0.3) is 0 Å². The van der Waals surface area contributed by atoms with Gasteiger partial charge in [-0.05, 0) is 37.1 Å². The standard InChI is InChI=1S/C13H14N2S/c1-9-5-3-4-6-11(9)16-13-12(14)10(2)7-8-15-13/h3-8H,14H2,1-2H3. The molecule has 0 atom stereocenters. The predicted molar refractivity (Wildman–Crippen MR) is 68.7 cm³/mol. The molecule has 0 unspecified atom stereocenters. The molecular weight excluding hydrogens is 216 g/mol. The van der Waals surface area contributed by atoms with Gasteiger partial charge in [0.05, 0.1) is 5.69 Å². The van der Waals surface area contributed by atoms with Gasteiger partial charge in [0.2, 0.25) is 0 Å². The molecule has 3 heteroatoms. The molecule has 1 heterocycles. The summed E-state index contributed by atoms with van der Waals surface area (Å²) in [5, 5.41) is 0.884. The van der Waals surface area contributed by atoms with Crippen molar-refractivity contribution in [1.29, 1.82) is 0 Å². The Morgan fingerprint density at radius 3 is 2.56 bits per heavy atom. The normalized spacial score (nSPS) is 10.4. The molecule has 0 aliphatic heterocycles. The van der Waals surface area contributed by atoms with Gasteiger partial charge in [-0.3, -0.25) is 0 Å². The lowest BCUT2D eigenvalue weighted by Gasteiger charge is -2.08. The lowest BCUT2D eigenvalue weighted by atomic mass is 10.2. The second kappa shape index (κ2) is 4.58. The van der Waals surface area contributed by atoms with Crippen LogP contribution in [0.3, 0.4) is 0 Å². The van der Waals surface area contributed by atoms with Crippen LogP contribution < -0.4 is 5.73 Å². The minimum Gasteiger partial charge on any atom is -0.396 e. The number of rotatable bonds is 2. The van der Waals surface area contributed by atoms with Gasteiger partial charge >= 0.3 is 0 Å². The van der Waals surface area contributed by atoms with Gasteiger partial charge in [0.15, 0.2) is 0 Å². The lowest BCUT2D eigenvalue weighted by Crippen LogP contribution is -1.95. The van der Waals surface area contributed by atoms with Crippen LogP contribution in [0.5, 0.6) is 0 Å². The van der Waals surface area contributed by atoms with Gasteiger partial charge in [-0.1, -0.05) is 30.0 Å². The van der Waals surface area contributed by atoms with Crippen LogP contribution >= 0.6 is 11.8 Å². The highest BCUT2D eigenvalue weighted by atomic mass is 32.2. The summed E-state index contributed by atoms with van der Waals surface area (Å²) in [5.74, 6) is 0. The molecule has 0 bridgehead atoms. The summed E-state index contributed by atoms with van der Waals surface area (Å²) in [6.07, 6.45) is 1.80. The zero-order valence-electron chi connectivity index (χ0n) is 9.40. The van der Waals surface area contributed by atoms with Crippen molar-refractivity contribution in [3.8, 4) is 0 Å². The average molecular weight is 230 g/mol. The number of aromatic nitrogens is 1. The number of nitrogens with zero attached hydrogens (tertiary/aromatic N) is 1. The maximum atomic E-state index is 6.00. The molecule has 1 aromatic carbocycles. The Labute approximate surface area is 99.9 Å². The molecule has 82 valence electrons. The number of hydrogen-bond acceptors (Lipinski definition) is 3. The summed E-state index contributed by atoms with van der Waals surface area (Å²) in [4.78, 5) is 5.51. The smallest absolute Gasteiger partial charge is 0.124 e. The number of nitrogen functional groups attached to an aromatic ring is 1. The van der Waals surface area contributed by atoms with Crippen LogP contribution in [0.15, 0.2) is 46.5 Å². The van der Waals surface area contributed by atoms with Crippen LogP contribution in [0.1, 0.15) is 11.1 Å². The molecule has 0 saturated carbocycles. The molecule has 2 N–H and O–H groups in total. The third-order valence-corrected chi connectivity index (χ3v) is 3.67. The zero-order chi connectivity index (χ0) is 11.5. The number of benzene rings is 1. The summed E-state index contributed by atoms with van der Waals surface area (Å²) in [6.45, 7) is 4.09. The minimum atomic E-state index is 0.774. The summed E-state index contributed by atoms with van der Waals surface area (Å²) in [5.41, 5.74) is 9.09. The Kier molecular flexibility index (Phi) is 3.15. The van der Waals surface area contributed by atoms with Crippen molar-refractivity contribution in [2.24, 2.45) is 0 Å². The number of hydrogen-bond donors (Lipinski definition) is 1. The Morgan fingerprint density at radius 2 is 1.81 bits per heavy atom. The summed E-state index contributed by atoms with van der Waals surface area (Å²) in [7, 11) is 0. The highest BCUT2D eigenvalue weighted by molar-refractivity contribution is 7.99. The van der Waals surface area contributed by atoms with Crippen molar-refractivity contribution in [2.75, 3.05) is 5.73 Å². The van der Waals surface area contributed by atoms with Crippen molar-refractivity contribution in [3.05, 3.63) is 47.7 Å². The molecule has 16 heavy (non-hydrogen) atoms. The van der Waals surface area contributed by atoms with Crippen molar-refractivity contribution >= 4 is 17.4 Å². The summed E-state index contributed by atoms with van der Waals surface area (Å²) >= 11 is 1.62. The molecule has 1 aromatic heterocycles. The van der Waals surface area contributed by atoms with Crippen LogP contribution in [0.4, 0.5) is 5.69 Å². The van der Waals surface area contributed by atoms with Crippen molar-refractivity contribution in [3.63, 3.8) is 0 Å². The molecule has 0 spiro atoms. The van der Waals surface area contributed by atoms with Gasteiger partial charge in [-0.2, -0.15) is 0 Å². The highest BCUT2D eigenvalue weighted by Gasteiger charge is 2.06. The van der Waals surface area contributed by atoms with E-state index in [1.807, 2.05) is 25.1 Å². The Morgan fingerprint density at radius 1 is 1.06 bits per heavy atom. The molecule has 2 aromatic rings. The molecule has 0 radical (unpaired) electrons. The van der Waals surface area contributed by atoms with Gasteiger partial charge < -0.3 is 5.73 Å². The Hall–Kier alpha value is -1.48. The first-order valence-electron chi connectivity index (χ1n) is 5.13. The second-order valence-electron chi connectivity index (χ2n) is 3.71. The third kappa shape index (κ3) is 2.19. The SMILES string of the molecule is Cc1ccccc1Sc1nccc(C)c1N. The van der Waals surface area contributed by atoms with E-state index >= 15 is 0 Å². The van der Waals surface area contributed by atoms with Gasteiger partial charge in [-0.15, -0.1) is 0 Å². The minimum absolute atomic E-state index is 0.774. The maximum Gasteiger partial charge on any atom is 0.124 e. The molecule has 0 saturated heterocycles. The number of aryl methyl sites for hydroxylation is 2. The van der Waals surface area contributed by atoms with Crippen LogP contribution in [-0.4, -0.2) is 4.98 Å². The molecule has 2 rings (SSSR count). The first-order chi connectivity index (χ1) is 7.68. The molecular formula is C13H14N2S. The number of anilines is 1. The maximum absolute atomic E-state index is 6.00. The van der Waals surface area contributed by atoms with E-state index in [0.717, 1.165) is 16.3 Å². The quantitative estimate of drug-likeness (QED) is 0.859. The molecule has 0 aliphatic carbocycles. The predicted octanol–water partition coefficient (Wildman–Crippen LogP) is 3.43. The van der Waals surface area contributed by atoms with E-state index < -0.39 is 0 Å². The first-order valence-corrected chi connectivity index (χ1v) is 5.94. The molecule has 0 fully saturated rings. The largest absolute Gasteiger partial charge is 0.396 e. The topological polar surface area (TPSA) is 38.9 Å². The van der Waals surface area contributed by atoms with E-state index in [2.05, 4.69) is 24.0 Å². The van der Waals surface area contributed by atoms with E-state index in [4.69, 9.17) is 5.73 Å². The van der Waals surface area contributed by atoms with E-state index in [1.165, 1.54) is 10.5 Å². The highest BCUT2D eigenvalue weighted by Crippen LogP contribution is 2.33. The van der Waals surface area contributed by atoms with E-state index in [-0.39, 0.29) is 0 Å². The summed E-state index contributed by atoms with van der Waals surface area (Å²) in [6, 6.07) is 10.2. The van der Waals surface area contributed by atoms with Crippen molar-refractivity contribution < 1.29 is 0 Å². The van der Waals surface area contributed by atoms with E-state index in [9.17, 15) is 0 Å². The van der Waals surface area contributed by atoms with Gasteiger partial charge in [0, 0.05) is 11.1 Å². The van der Waals surface area contributed by atoms with Crippen LogP contribution in [0.25, 0.3) is 0 Å². The molecule has 0 amide bonds. The molecule has 0 aliphatic rings. The van der Waals surface area contributed by atoms with E-state index in [1.54, 1.807) is 18.0 Å². The second-order valence-corrected chi connectivity index (χ2v) is 4.74. The van der Waals surface area contributed by atoms with Crippen molar-refractivity contribution in [1.82, 2.24) is 4.98 Å². The lowest BCUT2D eigenvalue weighted by molar-refractivity contribution is 1.12. The monoisotopic (exact) mass is 230 g/mol. The molecule has 2 nitrogen and oxygen atoms in total. The number of nitrogens with two attached hydrogens (primary N) is 1. The first kappa shape index (κ1) is 11.0.